The summed E-state index contributed by atoms with van der Waals surface area (Å²) in [6.45, 7) is 8.90. The smallest absolute Gasteiger partial charge is 0.171 e. The van der Waals surface area contributed by atoms with E-state index < -0.39 is 16.8 Å². The lowest BCUT2D eigenvalue weighted by molar-refractivity contribution is -0.227. The van der Waals surface area contributed by atoms with Crippen LogP contribution in [0.3, 0.4) is 0 Å². The van der Waals surface area contributed by atoms with E-state index in [1.54, 1.807) is 15.7 Å². The first-order chi connectivity index (χ1) is 8.37. The highest BCUT2D eigenvalue weighted by Crippen LogP contribution is 2.62. The van der Waals surface area contributed by atoms with Crippen LogP contribution in [0.4, 0.5) is 13.2 Å². The molecule has 1 atom stereocenters. The average Bonchev–Trinajstić information content (AvgIpc) is 2.24. The highest BCUT2D eigenvalue weighted by molar-refractivity contribution is 6.41. The quantitative estimate of drug-likeness (QED) is 0.617. The zero-order valence-corrected chi connectivity index (χ0v) is 13.7. The molecule has 0 aliphatic carbocycles. The van der Waals surface area contributed by atoms with Crippen LogP contribution >= 0.6 is 0 Å². The minimum absolute atomic E-state index is 0.281. The first-order valence-corrected chi connectivity index (χ1v) is 7.44. The Balaban J connectivity index is 5.52. The molecule has 0 aliphatic rings. The first kappa shape index (κ1) is 18.9. The van der Waals surface area contributed by atoms with E-state index in [0.717, 1.165) is 32.1 Å². The summed E-state index contributed by atoms with van der Waals surface area (Å²) in [5.41, 5.74) is -1.96. The maximum atomic E-state index is 13.4. The molecule has 0 N–H and O–H groups in total. The van der Waals surface area contributed by atoms with Gasteiger partial charge in [0.2, 0.25) is 0 Å². The predicted molar refractivity (Wildman–Crippen MR) is 82.2 cm³/mol. The minimum Gasteiger partial charge on any atom is -0.171 e. The normalized spacial score (nSPS) is 17.3. The van der Waals surface area contributed by atoms with E-state index in [2.05, 4.69) is 13.8 Å². The fraction of sp³-hybridized carbons (Fsp3) is 1.00. The van der Waals surface area contributed by atoms with Gasteiger partial charge in [-0.3, -0.25) is 0 Å². The SMILES string of the molecule is BC(B)(C(C)(CCC)CCCC)C(C)(C)C(F)(F)F. The Morgan fingerprint density at radius 1 is 0.842 bits per heavy atom. The van der Waals surface area contributed by atoms with E-state index in [9.17, 15) is 13.2 Å². The number of hydrogen-bond donors (Lipinski definition) is 0. The highest BCUT2D eigenvalue weighted by atomic mass is 19.4. The monoisotopic (exact) mass is 276 g/mol. The third kappa shape index (κ3) is 3.52. The van der Waals surface area contributed by atoms with Crippen LogP contribution in [0.15, 0.2) is 0 Å². The van der Waals surface area contributed by atoms with Gasteiger partial charge in [-0.25, -0.2) is 0 Å². The van der Waals surface area contributed by atoms with E-state index in [0.29, 0.717) is 0 Å². The van der Waals surface area contributed by atoms with E-state index in [-0.39, 0.29) is 5.41 Å². The second kappa shape index (κ2) is 6.13. The summed E-state index contributed by atoms with van der Waals surface area (Å²) in [6.07, 6.45) is 0.494. The Bertz CT molecular complexity index is 285. The van der Waals surface area contributed by atoms with Crippen molar-refractivity contribution in [3.8, 4) is 0 Å². The minimum atomic E-state index is -4.17. The molecule has 0 aromatic rings. The van der Waals surface area contributed by atoms with Crippen molar-refractivity contribution < 1.29 is 13.2 Å². The van der Waals surface area contributed by atoms with Gasteiger partial charge in [-0.1, -0.05) is 59.1 Å². The standard InChI is InChI=1S/C14H29B2F3/c1-6-8-10-12(5,9-7-2)13(15,16)11(3,4)14(17,18)19/h6-10,15-16H2,1-5H3. The van der Waals surface area contributed by atoms with Crippen LogP contribution in [0.5, 0.6) is 0 Å². The Hall–Kier alpha value is -0.0801. The molecule has 0 heterocycles. The molecule has 0 bridgehead atoms. The van der Waals surface area contributed by atoms with Crippen molar-refractivity contribution in [2.45, 2.75) is 78.1 Å². The van der Waals surface area contributed by atoms with Crippen LogP contribution in [0.1, 0.15) is 66.7 Å². The molecule has 0 rings (SSSR count). The molecule has 0 aliphatic heterocycles. The summed E-state index contributed by atoms with van der Waals surface area (Å²) >= 11 is 0. The van der Waals surface area contributed by atoms with Gasteiger partial charge in [0.1, 0.15) is 15.7 Å². The van der Waals surface area contributed by atoms with E-state index in [4.69, 9.17) is 0 Å². The third-order valence-corrected chi connectivity index (χ3v) is 5.66. The van der Waals surface area contributed by atoms with Crippen molar-refractivity contribution in [2.75, 3.05) is 0 Å². The van der Waals surface area contributed by atoms with E-state index in [1.807, 2.05) is 6.92 Å². The number of unbranched alkanes of at least 4 members (excludes halogenated alkanes) is 1. The Morgan fingerprint density at radius 2 is 1.32 bits per heavy atom. The van der Waals surface area contributed by atoms with E-state index in [1.165, 1.54) is 13.8 Å². The number of rotatable bonds is 7. The van der Waals surface area contributed by atoms with Gasteiger partial charge < -0.3 is 0 Å². The molecule has 0 spiro atoms. The second-order valence-electron chi connectivity index (χ2n) is 7.16. The van der Waals surface area contributed by atoms with Gasteiger partial charge in [0.15, 0.2) is 0 Å². The lowest BCUT2D eigenvalue weighted by Crippen LogP contribution is -2.52. The molecule has 0 fully saturated rings. The molecule has 0 radical (unpaired) electrons. The van der Waals surface area contributed by atoms with Crippen molar-refractivity contribution in [1.82, 2.24) is 0 Å². The van der Waals surface area contributed by atoms with Crippen LogP contribution in [0.25, 0.3) is 0 Å². The summed E-state index contributed by atoms with van der Waals surface area (Å²) in [5.74, 6) is 0. The molecule has 0 nitrogen and oxygen atoms in total. The van der Waals surface area contributed by atoms with Crippen LogP contribution in [0, 0.1) is 10.8 Å². The topological polar surface area (TPSA) is 0 Å². The lowest BCUT2D eigenvalue weighted by atomic mass is 9.32. The first-order valence-electron chi connectivity index (χ1n) is 7.44. The fourth-order valence-corrected chi connectivity index (χ4v) is 2.98. The summed E-state index contributed by atoms with van der Waals surface area (Å²) in [6, 6.07) is 0. The molecule has 0 amide bonds. The maximum absolute atomic E-state index is 13.4. The van der Waals surface area contributed by atoms with Crippen LogP contribution in [-0.4, -0.2) is 21.9 Å². The molecule has 19 heavy (non-hydrogen) atoms. The third-order valence-electron chi connectivity index (χ3n) is 5.66. The molecule has 0 aromatic heterocycles. The fourth-order valence-electron chi connectivity index (χ4n) is 2.98. The van der Waals surface area contributed by atoms with Gasteiger partial charge in [0.05, 0.1) is 5.41 Å². The highest BCUT2D eigenvalue weighted by Gasteiger charge is 2.60. The summed E-state index contributed by atoms with van der Waals surface area (Å²) in [5, 5.41) is -0.788. The Kier molecular flexibility index (Phi) is 6.11. The summed E-state index contributed by atoms with van der Waals surface area (Å²) < 4.78 is 40.3. The zero-order valence-electron chi connectivity index (χ0n) is 13.7. The van der Waals surface area contributed by atoms with Gasteiger partial charge in [-0.2, -0.15) is 13.2 Å². The summed E-state index contributed by atoms with van der Waals surface area (Å²) in [4.78, 5) is 0. The molecule has 1 unspecified atom stereocenters. The van der Waals surface area contributed by atoms with Crippen molar-refractivity contribution in [2.24, 2.45) is 10.8 Å². The number of halogens is 3. The van der Waals surface area contributed by atoms with Crippen molar-refractivity contribution >= 4 is 15.7 Å². The summed E-state index contributed by atoms with van der Waals surface area (Å²) in [7, 11) is 3.59. The Morgan fingerprint density at radius 3 is 1.63 bits per heavy atom. The van der Waals surface area contributed by atoms with Crippen LogP contribution in [0.2, 0.25) is 5.21 Å². The zero-order chi connectivity index (χ0) is 15.5. The molecule has 0 aromatic carbocycles. The molecule has 0 saturated heterocycles. The second-order valence-corrected chi connectivity index (χ2v) is 7.16. The molecule has 0 saturated carbocycles. The van der Waals surface area contributed by atoms with Gasteiger partial charge in [0.25, 0.3) is 0 Å². The van der Waals surface area contributed by atoms with Crippen molar-refractivity contribution in [1.29, 1.82) is 0 Å². The predicted octanol–water partition coefficient (Wildman–Crippen LogP) is 3.95. The van der Waals surface area contributed by atoms with Crippen LogP contribution in [-0.2, 0) is 0 Å². The van der Waals surface area contributed by atoms with Gasteiger partial charge in [-0.05, 0) is 18.3 Å². The molecular formula is C14H29B2F3. The van der Waals surface area contributed by atoms with Crippen LogP contribution < -0.4 is 0 Å². The lowest BCUT2D eigenvalue weighted by Gasteiger charge is -2.55. The van der Waals surface area contributed by atoms with Crippen molar-refractivity contribution in [3.63, 3.8) is 0 Å². The number of alkyl halides is 3. The van der Waals surface area contributed by atoms with Gasteiger partial charge in [-0.15, -0.1) is 0 Å². The van der Waals surface area contributed by atoms with Crippen molar-refractivity contribution in [3.05, 3.63) is 0 Å². The molecular weight excluding hydrogens is 247 g/mol. The average molecular weight is 276 g/mol. The molecule has 5 heteroatoms. The molecule has 112 valence electrons. The van der Waals surface area contributed by atoms with Gasteiger partial charge >= 0.3 is 6.18 Å². The maximum Gasteiger partial charge on any atom is 0.393 e. The van der Waals surface area contributed by atoms with Gasteiger partial charge in [0, 0.05) is 0 Å². The number of hydrogen-bond acceptors (Lipinski definition) is 0. The largest absolute Gasteiger partial charge is 0.393 e. The Labute approximate surface area is 118 Å². The van der Waals surface area contributed by atoms with E-state index >= 15 is 0 Å².